The standard InChI is InChI=1S/C14H25NO4/c1-10(2)19-9-5-8-15-13(16)11-6-3-4-7-12(11)14(17)18/h10-12H,3-9H2,1-2H3,(H,15,16)(H,17,18)/p-1/t11-,12+/m1/s1. The molecule has 0 aromatic carbocycles. The lowest BCUT2D eigenvalue weighted by atomic mass is 9.79. The van der Waals surface area contributed by atoms with Crippen molar-refractivity contribution in [3.8, 4) is 0 Å². The smallest absolute Gasteiger partial charge is 0.223 e. The van der Waals surface area contributed by atoms with E-state index in [9.17, 15) is 14.7 Å². The predicted molar refractivity (Wildman–Crippen MR) is 69.2 cm³/mol. The summed E-state index contributed by atoms with van der Waals surface area (Å²) in [5.41, 5.74) is 0. The summed E-state index contributed by atoms with van der Waals surface area (Å²) in [5.74, 6) is -2.30. The monoisotopic (exact) mass is 270 g/mol. The summed E-state index contributed by atoms with van der Waals surface area (Å²) >= 11 is 0. The molecule has 0 unspecified atom stereocenters. The van der Waals surface area contributed by atoms with E-state index < -0.39 is 17.8 Å². The molecule has 1 fully saturated rings. The van der Waals surface area contributed by atoms with Crippen LogP contribution in [0.4, 0.5) is 0 Å². The molecule has 0 aliphatic heterocycles. The van der Waals surface area contributed by atoms with Gasteiger partial charge < -0.3 is 20.0 Å². The van der Waals surface area contributed by atoms with Crippen LogP contribution < -0.4 is 10.4 Å². The van der Waals surface area contributed by atoms with Crippen molar-refractivity contribution in [1.82, 2.24) is 5.32 Å². The van der Waals surface area contributed by atoms with Crippen molar-refractivity contribution in [1.29, 1.82) is 0 Å². The number of rotatable bonds is 7. The highest BCUT2D eigenvalue weighted by molar-refractivity contribution is 5.84. The molecule has 0 saturated heterocycles. The van der Waals surface area contributed by atoms with E-state index in [-0.39, 0.29) is 12.0 Å². The van der Waals surface area contributed by atoms with Crippen molar-refractivity contribution in [2.75, 3.05) is 13.2 Å². The summed E-state index contributed by atoms with van der Waals surface area (Å²) in [6.45, 7) is 5.06. The highest BCUT2D eigenvalue weighted by Crippen LogP contribution is 2.29. The largest absolute Gasteiger partial charge is 0.550 e. The van der Waals surface area contributed by atoms with Crippen LogP contribution in [0.3, 0.4) is 0 Å². The van der Waals surface area contributed by atoms with Crippen molar-refractivity contribution in [3.63, 3.8) is 0 Å². The van der Waals surface area contributed by atoms with Crippen molar-refractivity contribution in [3.05, 3.63) is 0 Å². The van der Waals surface area contributed by atoms with E-state index in [1.54, 1.807) is 0 Å². The topological polar surface area (TPSA) is 78.5 Å². The molecule has 5 heteroatoms. The zero-order valence-corrected chi connectivity index (χ0v) is 11.8. The summed E-state index contributed by atoms with van der Waals surface area (Å²) in [7, 11) is 0. The maximum Gasteiger partial charge on any atom is 0.223 e. The molecular formula is C14H24NO4-. The maximum absolute atomic E-state index is 12.0. The second-order valence-electron chi connectivity index (χ2n) is 5.38. The Labute approximate surface area is 114 Å². The van der Waals surface area contributed by atoms with E-state index in [2.05, 4.69) is 5.32 Å². The summed E-state index contributed by atoms with van der Waals surface area (Å²) < 4.78 is 5.37. The first-order chi connectivity index (χ1) is 9.02. The zero-order valence-electron chi connectivity index (χ0n) is 11.8. The van der Waals surface area contributed by atoms with Crippen molar-refractivity contribution in [2.45, 2.75) is 52.1 Å². The Morgan fingerprint density at radius 2 is 1.89 bits per heavy atom. The number of nitrogens with one attached hydrogen (secondary N) is 1. The number of carbonyl (C=O) groups is 2. The Balaban J connectivity index is 2.29. The van der Waals surface area contributed by atoms with Crippen LogP contribution in [0.1, 0.15) is 46.0 Å². The molecule has 5 nitrogen and oxygen atoms in total. The number of hydrogen-bond donors (Lipinski definition) is 1. The number of hydrogen-bond acceptors (Lipinski definition) is 4. The van der Waals surface area contributed by atoms with Crippen molar-refractivity contribution < 1.29 is 19.4 Å². The highest BCUT2D eigenvalue weighted by Gasteiger charge is 2.31. The van der Waals surface area contributed by atoms with E-state index in [0.717, 1.165) is 19.3 Å². The van der Waals surface area contributed by atoms with Gasteiger partial charge in [0, 0.05) is 31.0 Å². The minimum atomic E-state index is -1.09. The summed E-state index contributed by atoms with van der Waals surface area (Å²) in [6.07, 6.45) is 3.91. The summed E-state index contributed by atoms with van der Waals surface area (Å²) in [5, 5.41) is 13.8. The zero-order chi connectivity index (χ0) is 14.3. The molecule has 110 valence electrons. The van der Waals surface area contributed by atoms with E-state index >= 15 is 0 Å². The van der Waals surface area contributed by atoms with Gasteiger partial charge >= 0.3 is 0 Å². The Bertz CT molecular complexity index is 304. The molecule has 1 aliphatic carbocycles. The van der Waals surface area contributed by atoms with Gasteiger partial charge in [0.25, 0.3) is 0 Å². The predicted octanol–water partition coefficient (Wildman–Crippen LogP) is 0.474. The third kappa shape index (κ3) is 5.59. The molecule has 0 aromatic heterocycles. The molecule has 0 heterocycles. The molecule has 2 atom stereocenters. The van der Waals surface area contributed by atoms with Crippen molar-refractivity contribution >= 4 is 11.9 Å². The summed E-state index contributed by atoms with van der Waals surface area (Å²) in [4.78, 5) is 23.0. The van der Waals surface area contributed by atoms with Gasteiger partial charge in [0.15, 0.2) is 0 Å². The Hall–Kier alpha value is -1.10. The van der Waals surface area contributed by atoms with Crippen LogP contribution in [0.15, 0.2) is 0 Å². The molecule has 1 saturated carbocycles. The second-order valence-corrected chi connectivity index (χ2v) is 5.38. The Morgan fingerprint density at radius 1 is 1.26 bits per heavy atom. The lowest BCUT2D eigenvalue weighted by Crippen LogP contribution is -2.44. The van der Waals surface area contributed by atoms with Gasteiger partial charge in [-0.15, -0.1) is 0 Å². The fraction of sp³-hybridized carbons (Fsp3) is 0.857. The van der Waals surface area contributed by atoms with Crippen LogP contribution in [0.25, 0.3) is 0 Å². The number of carboxylic acid groups (broad SMARTS) is 1. The first-order valence-corrected chi connectivity index (χ1v) is 7.12. The Morgan fingerprint density at radius 3 is 2.47 bits per heavy atom. The normalized spacial score (nSPS) is 23.3. The number of amides is 1. The van der Waals surface area contributed by atoms with Gasteiger partial charge in [0.05, 0.1) is 6.10 Å². The molecule has 0 aromatic rings. The third-order valence-electron chi connectivity index (χ3n) is 3.48. The molecule has 1 rings (SSSR count). The molecule has 19 heavy (non-hydrogen) atoms. The van der Waals surface area contributed by atoms with E-state index in [4.69, 9.17) is 4.74 Å². The minimum absolute atomic E-state index is 0.154. The molecule has 0 radical (unpaired) electrons. The van der Waals surface area contributed by atoms with Gasteiger partial charge in [0.2, 0.25) is 5.91 Å². The van der Waals surface area contributed by atoms with E-state index in [1.807, 2.05) is 13.8 Å². The number of carboxylic acids is 1. The van der Waals surface area contributed by atoms with Crippen LogP contribution in [-0.4, -0.2) is 31.1 Å². The highest BCUT2D eigenvalue weighted by atomic mass is 16.5. The minimum Gasteiger partial charge on any atom is -0.550 e. The SMILES string of the molecule is CC(C)OCCCNC(=O)[C@@H]1CCCC[C@@H]1C(=O)[O-]. The van der Waals surface area contributed by atoms with Gasteiger partial charge in [-0.2, -0.15) is 0 Å². The summed E-state index contributed by atoms with van der Waals surface area (Å²) in [6, 6.07) is 0. The van der Waals surface area contributed by atoms with Gasteiger partial charge in [-0.25, -0.2) is 0 Å². The van der Waals surface area contributed by atoms with Crippen LogP contribution >= 0.6 is 0 Å². The quantitative estimate of drug-likeness (QED) is 0.682. The van der Waals surface area contributed by atoms with Crippen molar-refractivity contribution in [2.24, 2.45) is 11.8 Å². The van der Waals surface area contributed by atoms with Crippen LogP contribution in [0, 0.1) is 11.8 Å². The van der Waals surface area contributed by atoms with Gasteiger partial charge in [-0.3, -0.25) is 4.79 Å². The van der Waals surface area contributed by atoms with E-state index in [0.29, 0.717) is 26.0 Å². The second kappa shape index (κ2) is 8.15. The van der Waals surface area contributed by atoms with Crippen LogP contribution in [-0.2, 0) is 14.3 Å². The molecule has 1 amide bonds. The number of aliphatic carboxylic acids is 1. The molecule has 0 bridgehead atoms. The third-order valence-corrected chi connectivity index (χ3v) is 3.48. The lowest BCUT2D eigenvalue weighted by Gasteiger charge is -2.31. The molecular weight excluding hydrogens is 246 g/mol. The van der Waals surface area contributed by atoms with Gasteiger partial charge in [0.1, 0.15) is 0 Å². The lowest BCUT2D eigenvalue weighted by molar-refractivity contribution is -0.314. The van der Waals surface area contributed by atoms with Crippen LogP contribution in [0.2, 0.25) is 0 Å². The maximum atomic E-state index is 12.0. The average Bonchev–Trinajstić information content (AvgIpc) is 2.37. The van der Waals surface area contributed by atoms with Gasteiger partial charge in [-0.05, 0) is 33.1 Å². The average molecular weight is 270 g/mol. The van der Waals surface area contributed by atoms with E-state index in [1.165, 1.54) is 0 Å². The number of carbonyl (C=O) groups excluding carboxylic acids is 2. The fourth-order valence-electron chi connectivity index (χ4n) is 2.46. The van der Waals surface area contributed by atoms with Gasteiger partial charge in [-0.1, -0.05) is 12.8 Å². The first-order valence-electron chi connectivity index (χ1n) is 7.12. The molecule has 1 N–H and O–H groups in total. The Kier molecular flexibility index (Phi) is 6.84. The molecule has 1 aliphatic rings. The first kappa shape index (κ1) is 16.0. The molecule has 0 spiro atoms. The number of ether oxygens (including phenoxy) is 1. The van der Waals surface area contributed by atoms with Crippen LogP contribution in [0.5, 0.6) is 0 Å². The fourth-order valence-corrected chi connectivity index (χ4v) is 2.46.